The van der Waals surface area contributed by atoms with E-state index in [1.165, 1.54) is 22.9 Å². The summed E-state index contributed by atoms with van der Waals surface area (Å²) in [6.45, 7) is 7.58. The number of rotatable bonds is 5. The molecule has 0 unspecified atom stereocenters. The van der Waals surface area contributed by atoms with Crippen LogP contribution in [0.4, 0.5) is 0 Å². The summed E-state index contributed by atoms with van der Waals surface area (Å²) in [4.78, 5) is 2.31. The zero-order valence-electron chi connectivity index (χ0n) is 12.5. The highest BCUT2D eigenvalue weighted by Gasteiger charge is 2.17. The van der Waals surface area contributed by atoms with Crippen LogP contribution in [0, 0.1) is 0 Å². The van der Waals surface area contributed by atoms with E-state index in [-0.39, 0.29) is 0 Å². The maximum absolute atomic E-state index is 11.1. The molecule has 0 aromatic heterocycles. The molecule has 5 heteroatoms. The van der Waals surface area contributed by atoms with Gasteiger partial charge in [0.15, 0.2) is 0 Å². The average molecular weight is 296 g/mol. The zero-order chi connectivity index (χ0) is 14.8. The van der Waals surface area contributed by atoms with Crippen molar-refractivity contribution < 1.29 is 8.42 Å². The van der Waals surface area contributed by atoms with Gasteiger partial charge in [-0.1, -0.05) is 32.0 Å². The molecular weight excluding hydrogens is 272 g/mol. The van der Waals surface area contributed by atoms with Gasteiger partial charge in [-0.25, -0.2) is 13.1 Å². The molecular formula is C15H24N2O2S. The van der Waals surface area contributed by atoms with Crippen LogP contribution in [0.2, 0.25) is 0 Å². The highest BCUT2D eigenvalue weighted by atomic mass is 32.2. The summed E-state index contributed by atoms with van der Waals surface area (Å²) in [7, 11) is -3.08. The second-order valence-electron chi connectivity index (χ2n) is 5.88. The molecule has 0 spiro atoms. The van der Waals surface area contributed by atoms with Crippen molar-refractivity contribution in [1.29, 1.82) is 0 Å². The predicted octanol–water partition coefficient (Wildman–Crippen LogP) is 1.72. The van der Waals surface area contributed by atoms with Gasteiger partial charge in [-0.15, -0.1) is 0 Å². The van der Waals surface area contributed by atoms with Crippen LogP contribution in [0.25, 0.3) is 0 Å². The first kappa shape index (κ1) is 15.5. The Balaban J connectivity index is 1.97. The second kappa shape index (κ2) is 6.24. The summed E-state index contributed by atoms with van der Waals surface area (Å²) in [5.41, 5.74) is 4.20. The van der Waals surface area contributed by atoms with Gasteiger partial charge in [-0.2, -0.15) is 0 Å². The number of fused-ring (bicyclic) bond motifs is 1. The lowest BCUT2D eigenvalue weighted by atomic mass is 9.93. The number of nitrogens with one attached hydrogen (secondary N) is 1. The van der Waals surface area contributed by atoms with E-state index in [1.54, 1.807) is 0 Å². The summed E-state index contributed by atoms with van der Waals surface area (Å²) in [6.07, 6.45) is 2.25. The standard InChI is InChI=1S/C15H24N2O2S/c1-12(2)14-5-4-13-6-8-17(11-15(13)10-14)9-7-16-20(3,18)19/h4-5,10,12,16H,6-9,11H2,1-3H3. The van der Waals surface area contributed by atoms with E-state index in [4.69, 9.17) is 0 Å². The minimum atomic E-state index is -3.08. The monoisotopic (exact) mass is 296 g/mol. The Hall–Kier alpha value is -0.910. The second-order valence-corrected chi connectivity index (χ2v) is 7.71. The highest BCUT2D eigenvalue weighted by Crippen LogP contribution is 2.23. The van der Waals surface area contributed by atoms with Crippen LogP contribution in [0.3, 0.4) is 0 Å². The van der Waals surface area contributed by atoms with Crippen molar-refractivity contribution in [3.05, 3.63) is 34.9 Å². The Morgan fingerprint density at radius 1 is 1.30 bits per heavy atom. The van der Waals surface area contributed by atoms with Gasteiger partial charge in [0.25, 0.3) is 0 Å². The van der Waals surface area contributed by atoms with Gasteiger partial charge in [-0.3, -0.25) is 4.90 Å². The van der Waals surface area contributed by atoms with Crippen LogP contribution in [-0.2, 0) is 23.0 Å². The fourth-order valence-corrected chi connectivity index (χ4v) is 3.04. The van der Waals surface area contributed by atoms with E-state index < -0.39 is 10.0 Å². The molecule has 0 radical (unpaired) electrons. The molecule has 2 rings (SSSR count). The molecule has 0 saturated heterocycles. The van der Waals surface area contributed by atoms with Gasteiger partial charge in [0.1, 0.15) is 0 Å². The molecule has 20 heavy (non-hydrogen) atoms. The maximum Gasteiger partial charge on any atom is 0.208 e. The van der Waals surface area contributed by atoms with Crippen molar-refractivity contribution in [3.8, 4) is 0 Å². The van der Waals surface area contributed by atoms with Crippen LogP contribution < -0.4 is 4.72 Å². The van der Waals surface area contributed by atoms with Gasteiger partial charge in [-0.05, 0) is 29.0 Å². The first-order valence-electron chi connectivity index (χ1n) is 7.14. The fraction of sp³-hybridized carbons (Fsp3) is 0.600. The van der Waals surface area contributed by atoms with Crippen molar-refractivity contribution in [1.82, 2.24) is 9.62 Å². The van der Waals surface area contributed by atoms with Crippen molar-refractivity contribution >= 4 is 10.0 Å². The largest absolute Gasteiger partial charge is 0.297 e. The van der Waals surface area contributed by atoms with Crippen molar-refractivity contribution in [2.24, 2.45) is 0 Å². The molecule has 1 aromatic rings. The topological polar surface area (TPSA) is 49.4 Å². The third-order valence-electron chi connectivity index (χ3n) is 3.78. The molecule has 4 nitrogen and oxygen atoms in total. The molecule has 0 aliphatic carbocycles. The average Bonchev–Trinajstić information content (AvgIpc) is 2.36. The molecule has 112 valence electrons. The summed E-state index contributed by atoms with van der Waals surface area (Å²) >= 11 is 0. The maximum atomic E-state index is 11.1. The normalized spacial score (nSPS) is 16.4. The molecule has 0 atom stereocenters. The fourth-order valence-electron chi connectivity index (χ4n) is 2.57. The lowest BCUT2D eigenvalue weighted by molar-refractivity contribution is 0.258. The lowest BCUT2D eigenvalue weighted by Crippen LogP contribution is -2.37. The van der Waals surface area contributed by atoms with Crippen LogP contribution in [0.1, 0.15) is 36.5 Å². The molecule has 0 amide bonds. The third kappa shape index (κ3) is 4.30. The van der Waals surface area contributed by atoms with Crippen molar-refractivity contribution in [2.75, 3.05) is 25.9 Å². The summed E-state index contributed by atoms with van der Waals surface area (Å²) in [5.74, 6) is 0.544. The quantitative estimate of drug-likeness (QED) is 0.900. The van der Waals surface area contributed by atoms with Gasteiger partial charge in [0, 0.05) is 26.2 Å². The molecule has 1 heterocycles. The number of benzene rings is 1. The Morgan fingerprint density at radius 2 is 2.05 bits per heavy atom. The molecule has 1 aromatic carbocycles. The van der Waals surface area contributed by atoms with Gasteiger partial charge < -0.3 is 0 Å². The predicted molar refractivity (Wildman–Crippen MR) is 82.4 cm³/mol. The Bertz CT molecular complexity index is 567. The molecule has 1 aliphatic rings. The van der Waals surface area contributed by atoms with Crippen LogP contribution >= 0.6 is 0 Å². The van der Waals surface area contributed by atoms with E-state index in [0.29, 0.717) is 12.5 Å². The summed E-state index contributed by atoms with van der Waals surface area (Å²) in [5, 5.41) is 0. The number of hydrogen-bond acceptors (Lipinski definition) is 3. The van der Waals surface area contributed by atoms with Crippen molar-refractivity contribution in [2.45, 2.75) is 32.7 Å². The minimum absolute atomic E-state index is 0.484. The first-order chi connectivity index (χ1) is 9.35. The molecule has 0 saturated carbocycles. The van der Waals surface area contributed by atoms with Crippen LogP contribution in [0.5, 0.6) is 0 Å². The molecule has 0 bridgehead atoms. The first-order valence-corrected chi connectivity index (χ1v) is 9.03. The van der Waals surface area contributed by atoms with Gasteiger partial charge in [0.2, 0.25) is 10.0 Å². The SMILES string of the molecule is CC(C)c1ccc2c(c1)CN(CCNS(C)(=O)=O)CC2. The Kier molecular flexibility index (Phi) is 4.83. The summed E-state index contributed by atoms with van der Waals surface area (Å²) < 4.78 is 24.7. The van der Waals surface area contributed by atoms with E-state index in [1.807, 2.05) is 0 Å². The minimum Gasteiger partial charge on any atom is -0.297 e. The molecule has 0 fully saturated rings. The van der Waals surface area contributed by atoms with Crippen LogP contribution in [-0.4, -0.2) is 39.2 Å². The summed E-state index contributed by atoms with van der Waals surface area (Å²) in [6, 6.07) is 6.78. The number of nitrogens with zero attached hydrogens (tertiary/aromatic N) is 1. The highest BCUT2D eigenvalue weighted by molar-refractivity contribution is 7.88. The smallest absolute Gasteiger partial charge is 0.208 e. The molecule has 1 N–H and O–H groups in total. The third-order valence-corrected chi connectivity index (χ3v) is 4.51. The van der Waals surface area contributed by atoms with Gasteiger partial charge in [0.05, 0.1) is 6.26 Å². The van der Waals surface area contributed by atoms with Crippen LogP contribution in [0.15, 0.2) is 18.2 Å². The number of sulfonamides is 1. The van der Waals surface area contributed by atoms with Crippen molar-refractivity contribution in [3.63, 3.8) is 0 Å². The lowest BCUT2D eigenvalue weighted by Gasteiger charge is -2.29. The van der Waals surface area contributed by atoms with Gasteiger partial charge >= 0.3 is 0 Å². The van der Waals surface area contributed by atoms with E-state index in [2.05, 4.69) is 41.7 Å². The molecule has 1 aliphatic heterocycles. The van der Waals surface area contributed by atoms with E-state index in [0.717, 1.165) is 26.1 Å². The van der Waals surface area contributed by atoms with E-state index >= 15 is 0 Å². The zero-order valence-corrected chi connectivity index (χ0v) is 13.3. The van der Waals surface area contributed by atoms with E-state index in [9.17, 15) is 8.42 Å². The Morgan fingerprint density at radius 3 is 2.70 bits per heavy atom. The number of hydrogen-bond donors (Lipinski definition) is 1. The Labute approximate surface area is 122 Å².